The number of nitrogens with one attached hydrogen (secondary N) is 1. The van der Waals surface area contributed by atoms with E-state index in [4.69, 9.17) is 4.74 Å². The zero-order chi connectivity index (χ0) is 22.3. The molecule has 1 N–H and O–H groups in total. The molecule has 4 rings (SSSR count). The number of halogens is 1. The number of rotatable bonds is 8. The molecule has 7 nitrogen and oxygen atoms in total. The van der Waals surface area contributed by atoms with E-state index in [1.54, 1.807) is 12.1 Å². The molecule has 0 saturated carbocycles. The lowest BCUT2D eigenvalue weighted by Gasteiger charge is -2.28. The van der Waals surface area contributed by atoms with E-state index >= 15 is 0 Å². The number of benzene rings is 2. The third-order valence-corrected chi connectivity index (χ3v) is 6.29. The van der Waals surface area contributed by atoms with E-state index in [-0.39, 0.29) is 17.0 Å². The van der Waals surface area contributed by atoms with Gasteiger partial charge in [0.05, 0.1) is 25.0 Å². The Kier molecular flexibility index (Phi) is 7.39. The number of morpholine rings is 1. The standard InChI is InChI=1S/C23H26FN5O2S/c1-17(21(30)25-15-18-7-9-20(24)10-8-18)32-23-27-26-22(28-11-13-31-14-12-28)29(23)16-19-5-3-2-4-6-19/h2-10,17H,11-16H2,1H3,(H,25,30). The van der Waals surface area contributed by atoms with Crippen molar-refractivity contribution in [3.05, 3.63) is 71.5 Å². The number of hydrogen-bond acceptors (Lipinski definition) is 6. The molecular formula is C23H26FN5O2S. The molecule has 168 valence electrons. The maximum atomic E-state index is 13.1. The van der Waals surface area contributed by atoms with Crippen molar-refractivity contribution in [2.45, 2.75) is 30.4 Å². The summed E-state index contributed by atoms with van der Waals surface area (Å²) in [7, 11) is 0. The number of carbonyl (C=O) groups is 1. The molecular weight excluding hydrogens is 429 g/mol. The molecule has 1 aliphatic rings. The lowest BCUT2D eigenvalue weighted by molar-refractivity contribution is -0.120. The number of aromatic nitrogens is 3. The Morgan fingerprint density at radius 1 is 1.09 bits per heavy atom. The number of hydrogen-bond donors (Lipinski definition) is 1. The van der Waals surface area contributed by atoms with Gasteiger partial charge in [-0.2, -0.15) is 0 Å². The average Bonchev–Trinajstić information content (AvgIpc) is 3.21. The molecule has 1 fully saturated rings. The van der Waals surface area contributed by atoms with E-state index in [1.807, 2.05) is 25.1 Å². The Hall–Kier alpha value is -2.91. The average molecular weight is 456 g/mol. The van der Waals surface area contributed by atoms with Crippen LogP contribution in [0.25, 0.3) is 0 Å². The SMILES string of the molecule is CC(Sc1nnc(N2CCOCC2)n1Cc1ccccc1)C(=O)NCc1ccc(F)cc1. The van der Waals surface area contributed by atoms with Gasteiger partial charge in [0.2, 0.25) is 11.9 Å². The summed E-state index contributed by atoms with van der Waals surface area (Å²) >= 11 is 1.38. The summed E-state index contributed by atoms with van der Waals surface area (Å²) in [5.74, 6) is 0.387. The number of ether oxygens (including phenoxy) is 1. The van der Waals surface area contributed by atoms with Crippen LogP contribution in [-0.4, -0.2) is 52.2 Å². The third-order valence-electron chi connectivity index (χ3n) is 5.21. The van der Waals surface area contributed by atoms with E-state index in [1.165, 1.54) is 23.9 Å². The molecule has 0 spiro atoms. The van der Waals surface area contributed by atoms with Crippen LogP contribution in [0.3, 0.4) is 0 Å². The molecule has 1 amide bonds. The molecule has 1 unspecified atom stereocenters. The van der Waals surface area contributed by atoms with Gasteiger partial charge in [0.25, 0.3) is 0 Å². The Bertz CT molecular complexity index is 1020. The van der Waals surface area contributed by atoms with Crippen LogP contribution in [-0.2, 0) is 22.6 Å². The molecule has 9 heteroatoms. The number of amides is 1. The van der Waals surface area contributed by atoms with E-state index in [0.717, 1.165) is 30.2 Å². The van der Waals surface area contributed by atoms with Crippen LogP contribution in [0.5, 0.6) is 0 Å². The first-order valence-corrected chi connectivity index (χ1v) is 11.5. The van der Waals surface area contributed by atoms with Gasteiger partial charge in [-0.15, -0.1) is 10.2 Å². The molecule has 1 aromatic heterocycles. The molecule has 0 radical (unpaired) electrons. The van der Waals surface area contributed by atoms with Crippen LogP contribution in [0.4, 0.5) is 10.3 Å². The maximum absolute atomic E-state index is 13.1. The second-order valence-electron chi connectivity index (χ2n) is 7.56. The molecule has 0 bridgehead atoms. The molecule has 1 saturated heterocycles. The zero-order valence-corrected chi connectivity index (χ0v) is 18.7. The first kappa shape index (κ1) is 22.3. The minimum Gasteiger partial charge on any atom is -0.378 e. The lowest BCUT2D eigenvalue weighted by Crippen LogP contribution is -2.38. The summed E-state index contributed by atoms with van der Waals surface area (Å²) in [6.07, 6.45) is 0. The Labute approximate surface area is 191 Å². The predicted octanol–water partition coefficient (Wildman–Crippen LogP) is 3.10. The van der Waals surface area contributed by atoms with Crippen LogP contribution < -0.4 is 10.2 Å². The number of carbonyl (C=O) groups excluding carboxylic acids is 1. The first-order chi connectivity index (χ1) is 15.6. The molecule has 0 aliphatic carbocycles. The highest BCUT2D eigenvalue weighted by atomic mass is 32.2. The van der Waals surface area contributed by atoms with E-state index in [2.05, 4.69) is 37.1 Å². The Morgan fingerprint density at radius 2 is 1.81 bits per heavy atom. The van der Waals surface area contributed by atoms with Crippen LogP contribution in [0.2, 0.25) is 0 Å². The molecule has 1 atom stereocenters. The van der Waals surface area contributed by atoms with Gasteiger partial charge in [-0.05, 0) is 30.2 Å². The Balaban J connectivity index is 1.47. The van der Waals surface area contributed by atoms with Gasteiger partial charge < -0.3 is 15.0 Å². The normalized spacial score (nSPS) is 14.9. The quantitative estimate of drug-likeness (QED) is 0.527. The molecule has 1 aliphatic heterocycles. The van der Waals surface area contributed by atoms with Gasteiger partial charge in [-0.3, -0.25) is 9.36 Å². The van der Waals surface area contributed by atoms with Crippen LogP contribution in [0.1, 0.15) is 18.1 Å². The zero-order valence-electron chi connectivity index (χ0n) is 17.9. The van der Waals surface area contributed by atoms with Crippen molar-refractivity contribution in [2.75, 3.05) is 31.2 Å². The topological polar surface area (TPSA) is 72.3 Å². The van der Waals surface area contributed by atoms with Crippen molar-refractivity contribution < 1.29 is 13.9 Å². The van der Waals surface area contributed by atoms with Crippen molar-refractivity contribution >= 4 is 23.6 Å². The van der Waals surface area contributed by atoms with Gasteiger partial charge in [-0.25, -0.2) is 4.39 Å². The molecule has 2 aromatic carbocycles. The van der Waals surface area contributed by atoms with E-state index in [9.17, 15) is 9.18 Å². The summed E-state index contributed by atoms with van der Waals surface area (Å²) in [6.45, 7) is 5.63. The van der Waals surface area contributed by atoms with Gasteiger partial charge in [0, 0.05) is 19.6 Å². The fraction of sp³-hybridized carbons (Fsp3) is 0.348. The van der Waals surface area contributed by atoms with Crippen molar-refractivity contribution in [1.29, 1.82) is 0 Å². The maximum Gasteiger partial charge on any atom is 0.233 e. The van der Waals surface area contributed by atoms with Crippen molar-refractivity contribution in [3.8, 4) is 0 Å². The Morgan fingerprint density at radius 3 is 2.53 bits per heavy atom. The highest BCUT2D eigenvalue weighted by Crippen LogP contribution is 2.27. The molecule has 32 heavy (non-hydrogen) atoms. The van der Waals surface area contributed by atoms with Crippen LogP contribution >= 0.6 is 11.8 Å². The number of anilines is 1. The van der Waals surface area contributed by atoms with Gasteiger partial charge >= 0.3 is 0 Å². The highest BCUT2D eigenvalue weighted by Gasteiger charge is 2.24. The monoisotopic (exact) mass is 455 g/mol. The highest BCUT2D eigenvalue weighted by molar-refractivity contribution is 8.00. The van der Waals surface area contributed by atoms with Gasteiger partial charge in [0.1, 0.15) is 5.82 Å². The van der Waals surface area contributed by atoms with E-state index in [0.29, 0.717) is 31.5 Å². The minimum absolute atomic E-state index is 0.110. The van der Waals surface area contributed by atoms with Crippen LogP contribution in [0.15, 0.2) is 59.8 Å². The largest absolute Gasteiger partial charge is 0.378 e. The van der Waals surface area contributed by atoms with Gasteiger partial charge in [-0.1, -0.05) is 54.2 Å². The summed E-state index contributed by atoms with van der Waals surface area (Å²) in [5.41, 5.74) is 1.98. The van der Waals surface area contributed by atoms with Crippen LogP contribution in [0, 0.1) is 5.82 Å². The van der Waals surface area contributed by atoms with E-state index < -0.39 is 0 Å². The predicted molar refractivity (Wildman–Crippen MR) is 122 cm³/mol. The summed E-state index contributed by atoms with van der Waals surface area (Å²) < 4.78 is 20.6. The first-order valence-electron chi connectivity index (χ1n) is 10.6. The minimum atomic E-state index is -0.369. The fourth-order valence-corrected chi connectivity index (χ4v) is 4.28. The molecule has 3 aromatic rings. The van der Waals surface area contributed by atoms with Gasteiger partial charge in [0.15, 0.2) is 5.16 Å². The summed E-state index contributed by atoms with van der Waals surface area (Å²) in [6, 6.07) is 16.2. The fourth-order valence-electron chi connectivity index (χ4n) is 3.42. The lowest BCUT2D eigenvalue weighted by atomic mass is 10.2. The third kappa shape index (κ3) is 5.66. The molecule has 2 heterocycles. The second kappa shape index (κ2) is 10.6. The summed E-state index contributed by atoms with van der Waals surface area (Å²) in [4.78, 5) is 14.8. The smallest absolute Gasteiger partial charge is 0.233 e. The number of thioether (sulfide) groups is 1. The number of nitrogens with zero attached hydrogens (tertiary/aromatic N) is 4. The van der Waals surface area contributed by atoms with Crippen molar-refractivity contribution in [2.24, 2.45) is 0 Å². The van der Waals surface area contributed by atoms with Crippen molar-refractivity contribution in [1.82, 2.24) is 20.1 Å². The second-order valence-corrected chi connectivity index (χ2v) is 8.87. The van der Waals surface area contributed by atoms with Crippen molar-refractivity contribution in [3.63, 3.8) is 0 Å². The summed E-state index contributed by atoms with van der Waals surface area (Å²) in [5, 5.41) is 12.1.